The van der Waals surface area contributed by atoms with Crippen molar-refractivity contribution in [2.75, 3.05) is 0 Å². The summed E-state index contributed by atoms with van der Waals surface area (Å²) in [6, 6.07) is 7.65. The second-order valence-electron chi connectivity index (χ2n) is 3.30. The molecule has 3 heteroatoms. The summed E-state index contributed by atoms with van der Waals surface area (Å²) in [6.45, 7) is 4.01. The van der Waals surface area contributed by atoms with Gasteiger partial charge in [0, 0.05) is 16.3 Å². The maximum absolute atomic E-state index is 5.80. The van der Waals surface area contributed by atoms with Crippen molar-refractivity contribution in [3.8, 4) is 11.4 Å². The number of H-pyrrole nitrogens is 1. The molecule has 0 atom stereocenters. The first-order valence-corrected chi connectivity index (χ1v) is 4.84. The maximum Gasteiger partial charge on any atom is 0.137 e. The van der Waals surface area contributed by atoms with Crippen LogP contribution in [0.4, 0.5) is 0 Å². The Hall–Kier alpha value is -1.28. The van der Waals surface area contributed by atoms with Gasteiger partial charge in [-0.2, -0.15) is 0 Å². The minimum absolute atomic E-state index is 0. The normalized spacial score (nSPS) is 9.80. The Morgan fingerprint density at radius 1 is 1.13 bits per heavy atom. The van der Waals surface area contributed by atoms with Crippen molar-refractivity contribution in [1.82, 2.24) is 9.97 Å². The highest BCUT2D eigenvalue weighted by Crippen LogP contribution is 2.19. The van der Waals surface area contributed by atoms with Gasteiger partial charge in [-0.1, -0.05) is 19.0 Å². The van der Waals surface area contributed by atoms with Gasteiger partial charge in [-0.15, -0.1) is 0 Å². The maximum atomic E-state index is 5.80. The van der Waals surface area contributed by atoms with Crippen molar-refractivity contribution in [3.05, 3.63) is 40.7 Å². The molecule has 0 fully saturated rings. The van der Waals surface area contributed by atoms with Gasteiger partial charge in [-0.25, -0.2) is 4.98 Å². The molecule has 0 unspecified atom stereocenters. The first kappa shape index (κ1) is 11.8. The predicted octanol–water partition coefficient (Wildman–Crippen LogP) is 3.98. The fourth-order valence-electron chi connectivity index (χ4n) is 1.29. The van der Waals surface area contributed by atoms with Crippen LogP contribution in [-0.4, -0.2) is 9.97 Å². The summed E-state index contributed by atoms with van der Waals surface area (Å²) in [7, 11) is 0. The van der Waals surface area contributed by atoms with Gasteiger partial charge in [-0.3, -0.25) is 0 Å². The van der Waals surface area contributed by atoms with Crippen LogP contribution >= 0.6 is 11.6 Å². The number of aryl methyl sites for hydroxylation is 2. The Labute approximate surface area is 95.3 Å². The van der Waals surface area contributed by atoms with Crippen molar-refractivity contribution in [2.24, 2.45) is 0 Å². The minimum atomic E-state index is 0. The molecule has 2 nitrogen and oxygen atoms in total. The van der Waals surface area contributed by atoms with Crippen LogP contribution in [0, 0.1) is 13.8 Å². The zero-order chi connectivity index (χ0) is 10.1. The van der Waals surface area contributed by atoms with Gasteiger partial charge in [0.2, 0.25) is 0 Å². The number of rotatable bonds is 1. The fourth-order valence-corrected chi connectivity index (χ4v) is 1.42. The molecular formula is C12H15ClN2. The summed E-state index contributed by atoms with van der Waals surface area (Å²) in [6.07, 6.45) is 0. The lowest BCUT2D eigenvalue weighted by Crippen LogP contribution is -1.79. The minimum Gasteiger partial charge on any atom is -0.342 e. The van der Waals surface area contributed by atoms with E-state index in [0.717, 1.165) is 27.8 Å². The molecular weight excluding hydrogens is 208 g/mol. The third-order valence-corrected chi connectivity index (χ3v) is 2.50. The second kappa shape index (κ2) is 4.49. The van der Waals surface area contributed by atoms with E-state index in [2.05, 4.69) is 9.97 Å². The first-order chi connectivity index (χ1) is 6.66. The zero-order valence-electron chi connectivity index (χ0n) is 8.13. The number of aromatic amines is 1. The fraction of sp³-hybridized carbons (Fsp3) is 0.250. The van der Waals surface area contributed by atoms with E-state index >= 15 is 0 Å². The number of benzene rings is 1. The van der Waals surface area contributed by atoms with E-state index in [4.69, 9.17) is 11.6 Å². The van der Waals surface area contributed by atoms with E-state index in [0.29, 0.717) is 0 Å². The van der Waals surface area contributed by atoms with Crippen molar-refractivity contribution < 1.29 is 0 Å². The second-order valence-corrected chi connectivity index (χ2v) is 3.74. The number of nitrogens with one attached hydrogen (secondary N) is 1. The Balaban J connectivity index is 0.00000112. The molecule has 0 radical (unpaired) electrons. The Bertz CT molecular complexity index is 424. The Kier molecular flexibility index (Phi) is 3.53. The van der Waals surface area contributed by atoms with Gasteiger partial charge in [0.05, 0.1) is 5.69 Å². The standard InChI is InChI=1S/C11H11ClN2.CH4/c1-7-8(2)14-11(13-7)9-3-5-10(12)6-4-9;/h3-6H,1-2H3,(H,13,14);1H4. The molecule has 0 aliphatic rings. The van der Waals surface area contributed by atoms with Gasteiger partial charge in [0.15, 0.2) is 0 Å². The molecule has 1 aromatic carbocycles. The number of hydrogen-bond acceptors (Lipinski definition) is 1. The van der Waals surface area contributed by atoms with Crippen LogP contribution in [0.5, 0.6) is 0 Å². The highest BCUT2D eigenvalue weighted by atomic mass is 35.5. The Morgan fingerprint density at radius 3 is 2.20 bits per heavy atom. The molecule has 0 bridgehead atoms. The van der Waals surface area contributed by atoms with Crippen molar-refractivity contribution in [1.29, 1.82) is 0 Å². The van der Waals surface area contributed by atoms with Gasteiger partial charge >= 0.3 is 0 Å². The van der Waals surface area contributed by atoms with Gasteiger partial charge in [-0.05, 0) is 38.1 Å². The monoisotopic (exact) mass is 222 g/mol. The predicted molar refractivity (Wildman–Crippen MR) is 65.2 cm³/mol. The number of nitrogens with zero attached hydrogens (tertiary/aromatic N) is 1. The molecule has 2 aromatic rings. The summed E-state index contributed by atoms with van der Waals surface area (Å²) in [5.41, 5.74) is 3.20. The van der Waals surface area contributed by atoms with Crippen LogP contribution in [-0.2, 0) is 0 Å². The molecule has 15 heavy (non-hydrogen) atoms. The SMILES string of the molecule is C.Cc1nc(-c2ccc(Cl)cc2)[nH]c1C. The third kappa shape index (κ3) is 2.39. The zero-order valence-corrected chi connectivity index (χ0v) is 8.89. The molecule has 0 spiro atoms. The van der Waals surface area contributed by atoms with E-state index in [1.807, 2.05) is 38.1 Å². The number of hydrogen-bond donors (Lipinski definition) is 1. The summed E-state index contributed by atoms with van der Waals surface area (Å²) in [5, 5.41) is 0.744. The molecule has 0 saturated heterocycles. The molecule has 1 heterocycles. The highest BCUT2D eigenvalue weighted by molar-refractivity contribution is 6.30. The lowest BCUT2D eigenvalue weighted by molar-refractivity contribution is 1.22. The highest BCUT2D eigenvalue weighted by Gasteiger charge is 2.04. The van der Waals surface area contributed by atoms with Crippen LogP contribution in [0.2, 0.25) is 5.02 Å². The average molecular weight is 223 g/mol. The lowest BCUT2D eigenvalue weighted by Gasteiger charge is -1.95. The molecule has 2 rings (SSSR count). The lowest BCUT2D eigenvalue weighted by atomic mass is 10.2. The summed E-state index contributed by atoms with van der Waals surface area (Å²) in [4.78, 5) is 7.64. The van der Waals surface area contributed by atoms with Crippen molar-refractivity contribution in [2.45, 2.75) is 21.3 Å². The van der Waals surface area contributed by atoms with Gasteiger partial charge in [0.25, 0.3) is 0 Å². The summed E-state index contributed by atoms with van der Waals surface area (Å²) >= 11 is 5.80. The van der Waals surface area contributed by atoms with Crippen LogP contribution < -0.4 is 0 Å². The van der Waals surface area contributed by atoms with Gasteiger partial charge < -0.3 is 4.98 Å². The third-order valence-electron chi connectivity index (χ3n) is 2.25. The van der Waals surface area contributed by atoms with Crippen molar-refractivity contribution in [3.63, 3.8) is 0 Å². The van der Waals surface area contributed by atoms with Crippen LogP contribution in [0.25, 0.3) is 11.4 Å². The first-order valence-electron chi connectivity index (χ1n) is 4.46. The van der Waals surface area contributed by atoms with Crippen LogP contribution in [0.15, 0.2) is 24.3 Å². The quantitative estimate of drug-likeness (QED) is 0.777. The number of aromatic nitrogens is 2. The van der Waals surface area contributed by atoms with E-state index in [1.165, 1.54) is 0 Å². The molecule has 0 aliphatic carbocycles. The molecule has 0 amide bonds. The molecule has 1 aromatic heterocycles. The van der Waals surface area contributed by atoms with Gasteiger partial charge in [0.1, 0.15) is 5.82 Å². The topological polar surface area (TPSA) is 28.7 Å². The number of imidazole rings is 1. The average Bonchev–Trinajstić information content (AvgIpc) is 2.48. The van der Waals surface area contributed by atoms with E-state index < -0.39 is 0 Å². The molecule has 80 valence electrons. The van der Waals surface area contributed by atoms with Crippen LogP contribution in [0.3, 0.4) is 0 Å². The van der Waals surface area contributed by atoms with Crippen molar-refractivity contribution >= 4 is 11.6 Å². The molecule has 1 N–H and O–H groups in total. The summed E-state index contributed by atoms with van der Waals surface area (Å²) in [5.74, 6) is 0.900. The largest absolute Gasteiger partial charge is 0.342 e. The Morgan fingerprint density at radius 2 is 1.73 bits per heavy atom. The summed E-state index contributed by atoms with van der Waals surface area (Å²) < 4.78 is 0. The van der Waals surface area contributed by atoms with E-state index in [9.17, 15) is 0 Å². The van der Waals surface area contributed by atoms with Crippen LogP contribution in [0.1, 0.15) is 18.8 Å². The number of halogens is 1. The smallest absolute Gasteiger partial charge is 0.137 e. The molecule has 0 aliphatic heterocycles. The molecule has 0 saturated carbocycles. The van der Waals surface area contributed by atoms with E-state index in [-0.39, 0.29) is 7.43 Å². The van der Waals surface area contributed by atoms with E-state index in [1.54, 1.807) is 0 Å².